The van der Waals surface area contributed by atoms with Crippen molar-refractivity contribution in [3.8, 4) is 0 Å². The number of rotatable bonds is 5. The van der Waals surface area contributed by atoms with Crippen molar-refractivity contribution < 1.29 is 24.6 Å². The van der Waals surface area contributed by atoms with E-state index >= 15 is 0 Å². The van der Waals surface area contributed by atoms with E-state index in [1.54, 1.807) is 36.4 Å². The highest BCUT2D eigenvalue weighted by atomic mass is 16.4. The number of allylic oxidation sites excluding steroid dienone is 2. The zero-order chi connectivity index (χ0) is 16.1. The first-order valence-corrected chi connectivity index (χ1v) is 6.46. The van der Waals surface area contributed by atoms with Gasteiger partial charge in [0.15, 0.2) is 0 Å². The molecule has 0 aliphatic carbocycles. The Morgan fingerprint density at radius 1 is 1.14 bits per heavy atom. The van der Waals surface area contributed by atoms with Crippen molar-refractivity contribution in [2.24, 2.45) is 0 Å². The van der Waals surface area contributed by atoms with Crippen molar-refractivity contribution in [2.45, 2.75) is 0 Å². The Kier molecular flexibility index (Phi) is 4.57. The summed E-state index contributed by atoms with van der Waals surface area (Å²) in [5.74, 6) is -2.88. The first-order chi connectivity index (χ1) is 10.5. The largest absolute Gasteiger partial charge is 0.480 e. The van der Waals surface area contributed by atoms with Gasteiger partial charge < -0.3 is 15.5 Å². The number of anilines is 1. The highest BCUT2D eigenvalue weighted by Gasteiger charge is 2.24. The van der Waals surface area contributed by atoms with Crippen LogP contribution in [0.1, 0.15) is 5.56 Å². The molecule has 3 N–H and O–H groups in total. The molecule has 7 nitrogen and oxygen atoms in total. The second-order valence-electron chi connectivity index (χ2n) is 4.53. The predicted molar refractivity (Wildman–Crippen MR) is 79.2 cm³/mol. The average Bonchev–Trinajstić information content (AvgIpc) is 2.46. The Bertz CT molecular complexity index is 678. The summed E-state index contributed by atoms with van der Waals surface area (Å²) in [6, 6.07) is 6.88. The van der Waals surface area contributed by atoms with E-state index in [4.69, 9.17) is 10.2 Å². The monoisotopic (exact) mass is 302 g/mol. The number of hydrogen-bond donors (Lipinski definition) is 3. The number of amides is 1. The van der Waals surface area contributed by atoms with Crippen LogP contribution >= 0.6 is 0 Å². The third-order valence-corrected chi connectivity index (χ3v) is 2.97. The lowest BCUT2D eigenvalue weighted by atomic mass is 10.1. The smallest absolute Gasteiger partial charge is 0.323 e. The zero-order valence-electron chi connectivity index (χ0n) is 11.5. The van der Waals surface area contributed by atoms with Crippen LogP contribution in [0.5, 0.6) is 0 Å². The van der Waals surface area contributed by atoms with Gasteiger partial charge in [-0.1, -0.05) is 30.4 Å². The molecule has 0 spiro atoms. The van der Waals surface area contributed by atoms with Crippen molar-refractivity contribution in [3.63, 3.8) is 0 Å². The predicted octanol–water partition coefficient (Wildman–Crippen LogP) is 0.689. The minimum Gasteiger partial charge on any atom is -0.480 e. The van der Waals surface area contributed by atoms with Gasteiger partial charge in [-0.15, -0.1) is 0 Å². The van der Waals surface area contributed by atoms with Gasteiger partial charge in [0.25, 0.3) is 5.91 Å². The molecule has 0 atom stereocenters. The molecular formula is C15H14N2O5. The summed E-state index contributed by atoms with van der Waals surface area (Å²) in [6.45, 7) is -0.955. The lowest BCUT2D eigenvalue weighted by molar-refractivity contribution is -0.137. The molecule has 7 heteroatoms. The Hall–Kier alpha value is -3.09. The van der Waals surface area contributed by atoms with Gasteiger partial charge in [-0.05, 0) is 17.7 Å². The fourth-order valence-electron chi connectivity index (χ4n) is 2.05. The van der Waals surface area contributed by atoms with Gasteiger partial charge in [-0.25, -0.2) is 0 Å². The van der Waals surface area contributed by atoms with Gasteiger partial charge in [0, 0.05) is 0 Å². The lowest BCUT2D eigenvalue weighted by Crippen LogP contribution is -2.41. The number of nitrogens with one attached hydrogen (secondary N) is 1. The molecule has 2 rings (SSSR count). The molecule has 0 radical (unpaired) electrons. The van der Waals surface area contributed by atoms with Crippen LogP contribution in [-0.2, 0) is 14.4 Å². The van der Waals surface area contributed by atoms with Crippen molar-refractivity contribution in [2.75, 3.05) is 18.0 Å². The number of para-hydroxylation sites is 1. The first kappa shape index (κ1) is 15.3. The second kappa shape index (κ2) is 6.57. The molecule has 0 fully saturated rings. The van der Waals surface area contributed by atoms with Crippen LogP contribution < -0.4 is 10.2 Å². The standard InChI is InChI=1S/C15H14N2O5/c18-13(19)8-16-11-6-3-5-10-4-1-2-7-12(10)17(15(11)22)9-14(20)21/h1-7,16H,8-9H2,(H,18,19)(H,20,21). The first-order valence-electron chi connectivity index (χ1n) is 6.46. The molecule has 0 aromatic heterocycles. The molecule has 114 valence electrons. The molecule has 1 heterocycles. The normalized spacial score (nSPS) is 13.7. The second-order valence-corrected chi connectivity index (χ2v) is 4.53. The highest BCUT2D eigenvalue weighted by molar-refractivity contribution is 6.09. The number of benzene rings is 1. The van der Waals surface area contributed by atoms with Crippen LogP contribution in [0.2, 0.25) is 0 Å². The Labute approximate surface area is 126 Å². The van der Waals surface area contributed by atoms with Gasteiger partial charge in [-0.3, -0.25) is 19.3 Å². The van der Waals surface area contributed by atoms with E-state index in [2.05, 4.69) is 5.32 Å². The summed E-state index contributed by atoms with van der Waals surface area (Å²) >= 11 is 0. The Morgan fingerprint density at radius 3 is 2.55 bits per heavy atom. The summed E-state index contributed by atoms with van der Waals surface area (Å²) in [7, 11) is 0. The number of carbonyl (C=O) groups excluding carboxylic acids is 1. The number of nitrogens with zero attached hydrogens (tertiary/aromatic N) is 1. The van der Waals surface area contributed by atoms with Gasteiger partial charge in [0.05, 0.1) is 5.69 Å². The van der Waals surface area contributed by atoms with Crippen molar-refractivity contribution >= 4 is 29.6 Å². The summed E-state index contributed by atoms with van der Waals surface area (Å²) in [5, 5.41) is 20.2. The van der Waals surface area contributed by atoms with E-state index in [1.165, 1.54) is 6.08 Å². The highest BCUT2D eigenvalue weighted by Crippen LogP contribution is 2.24. The Morgan fingerprint density at radius 2 is 1.86 bits per heavy atom. The molecule has 22 heavy (non-hydrogen) atoms. The summed E-state index contributed by atoms with van der Waals surface area (Å²) in [4.78, 5) is 35.3. The fourth-order valence-corrected chi connectivity index (χ4v) is 2.05. The van der Waals surface area contributed by atoms with Crippen LogP contribution in [0, 0.1) is 0 Å². The Balaban J connectivity index is 2.42. The SMILES string of the molecule is O=C(O)CNC1=CC=Cc2ccccc2N(CC(=O)O)C1=O. The van der Waals surface area contributed by atoms with Crippen LogP contribution in [0.25, 0.3) is 6.08 Å². The van der Waals surface area contributed by atoms with E-state index in [0.717, 1.165) is 4.90 Å². The van der Waals surface area contributed by atoms with E-state index in [-0.39, 0.29) is 5.70 Å². The number of carboxylic acid groups (broad SMARTS) is 2. The molecule has 0 bridgehead atoms. The molecule has 1 aromatic carbocycles. The van der Waals surface area contributed by atoms with Crippen LogP contribution in [0.15, 0.2) is 42.1 Å². The third kappa shape index (κ3) is 3.51. The maximum Gasteiger partial charge on any atom is 0.323 e. The average molecular weight is 302 g/mol. The van der Waals surface area contributed by atoms with Crippen LogP contribution in [0.4, 0.5) is 5.69 Å². The maximum atomic E-state index is 12.5. The van der Waals surface area contributed by atoms with E-state index in [0.29, 0.717) is 11.3 Å². The van der Waals surface area contributed by atoms with E-state index in [1.807, 2.05) is 0 Å². The van der Waals surface area contributed by atoms with E-state index < -0.39 is 30.9 Å². The lowest BCUT2D eigenvalue weighted by Gasteiger charge is -2.25. The number of carboxylic acids is 2. The molecular weight excluding hydrogens is 288 g/mol. The fraction of sp³-hybridized carbons (Fsp3) is 0.133. The van der Waals surface area contributed by atoms with Gasteiger partial charge in [-0.2, -0.15) is 0 Å². The number of carbonyl (C=O) groups is 3. The molecule has 0 saturated carbocycles. The van der Waals surface area contributed by atoms with Crippen molar-refractivity contribution in [1.29, 1.82) is 0 Å². The molecule has 1 aromatic rings. The summed E-state index contributed by atoms with van der Waals surface area (Å²) in [6.07, 6.45) is 4.76. The van der Waals surface area contributed by atoms with Crippen molar-refractivity contribution in [3.05, 3.63) is 47.7 Å². The molecule has 0 saturated heterocycles. The van der Waals surface area contributed by atoms with Gasteiger partial charge in [0.1, 0.15) is 18.8 Å². The molecule has 1 aliphatic rings. The molecule has 1 aliphatic heterocycles. The number of aliphatic carboxylic acids is 2. The van der Waals surface area contributed by atoms with Crippen LogP contribution in [0.3, 0.4) is 0 Å². The maximum absolute atomic E-state index is 12.5. The number of hydrogen-bond acceptors (Lipinski definition) is 4. The summed E-state index contributed by atoms with van der Waals surface area (Å²) < 4.78 is 0. The van der Waals surface area contributed by atoms with Crippen molar-refractivity contribution in [1.82, 2.24) is 5.32 Å². The van der Waals surface area contributed by atoms with Crippen LogP contribution in [-0.4, -0.2) is 41.1 Å². The minimum atomic E-state index is -1.16. The van der Waals surface area contributed by atoms with Gasteiger partial charge >= 0.3 is 11.9 Å². The third-order valence-electron chi connectivity index (χ3n) is 2.97. The number of fused-ring (bicyclic) bond motifs is 1. The summed E-state index contributed by atoms with van der Waals surface area (Å²) in [5.41, 5.74) is 1.17. The molecule has 1 amide bonds. The topological polar surface area (TPSA) is 107 Å². The quantitative estimate of drug-likeness (QED) is 0.738. The zero-order valence-corrected chi connectivity index (χ0v) is 11.5. The van der Waals surface area contributed by atoms with Gasteiger partial charge in [0.2, 0.25) is 0 Å². The van der Waals surface area contributed by atoms with E-state index in [9.17, 15) is 14.4 Å². The molecule has 0 unspecified atom stereocenters. The minimum absolute atomic E-state index is 0.0226.